The Morgan fingerprint density at radius 2 is 1.84 bits per heavy atom. The lowest BCUT2D eigenvalue weighted by Crippen LogP contribution is -2.47. The van der Waals surface area contributed by atoms with Crippen LogP contribution < -0.4 is 4.90 Å². The van der Waals surface area contributed by atoms with E-state index >= 15 is 0 Å². The second kappa shape index (κ2) is 12.3. The van der Waals surface area contributed by atoms with Crippen molar-refractivity contribution in [2.24, 2.45) is 5.92 Å². The molecule has 0 aromatic heterocycles. The first-order chi connectivity index (χ1) is 14.9. The van der Waals surface area contributed by atoms with Crippen LogP contribution in [-0.4, -0.2) is 74.0 Å². The molecule has 0 saturated carbocycles. The van der Waals surface area contributed by atoms with Crippen molar-refractivity contribution in [2.45, 2.75) is 46.5 Å². The Balaban J connectivity index is 1.93. The van der Waals surface area contributed by atoms with Crippen LogP contribution in [0.3, 0.4) is 0 Å². The predicted octanol–water partition coefficient (Wildman–Crippen LogP) is 3.19. The van der Waals surface area contributed by atoms with Crippen LogP contribution in [0.4, 0.5) is 5.69 Å². The number of benzene rings is 1. The summed E-state index contributed by atoms with van der Waals surface area (Å²) in [6, 6.07) is 7.59. The fourth-order valence-electron chi connectivity index (χ4n) is 3.88. The molecule has 0 radical (unpaired) electrons. The minimum absolute atomic E-state index is 0.00623. The van der Waals surface area contributed by atoms with E-state index in [-0.39, 0.29) is 30.2 Å². The molecule has 7 nitrogen and oxygen atoms in total. The number of likely N-dealkylation sites (N-methyl/N-ethyl adjacent to an activating group) is 1. The van der Waals surface area contributed by atoms with Gasteiger partial charge in [-0.05, 0) is 57.4 Å². The van der Waals surface area contributed by atoms with Crippen LogP contribution in [0, 0.1) is 5.92 Å². The fraction of sp³-hybridized carbons (Fsp3) is 0.625. The highest BCUT2D eigenvalue weighted by Crippen LogP contribution is 2.19. The third-order valence-corrected chi connectivity index (χ3v) is 5.76. The van der Waals surface area contributed by atoms with Crippen molar-refractivity contribution in [2.75, 3.05) is 51.3 Å². The third-order valence-electron chi connectivity index (χ3n) is 5.76. The van der Waals surface area contributed by atoms with Crippen molar-refractivity contribution in [3.05, 3.63) is 29.8 Å². The number of likely N-dealkylation sites (tertiary alicyclic amines) is 1. The minimum atomic E-state index is -0.277. The molecule has 1 aromatic rings. The number of hydrogen-bond acceptors (Lipinski definition) is 5. The molecule has 2 amide bonds. The van der Waals surface area contributed by atoms with Crippen molar-refractivity contribution in [1.82, 2.24) is 9.80 Å². The molecule has 1 unspecified atom stereocenters. The predicted molar refractivity (Wildman–Crippen MR) is 122 cm³/mol. The monoisotopic (exact) mass is 431 g/mol. The van der Waals surface area contributed by atoms with Gasteiger partial charge in [0.05, 0.1) is 19.1 Å². The van der Waals surface area contributed by atoms with Crippen LogP contribution in [-0.2, 0) is 14.3 Å². The second-order valence-corrected chi connectivity index (χ2v) is 8.07. The quantitative estimate of drug-likeness (QED) is 0.532. The van der Waals surface area contributed by atoms with E-state index in [0.717, 1.165) is 44.5 Å². The van der Waals surface area contributed by atoms with Crippen LogP contribution in [0.25, 0.3) is 0 Å². The van der Waals surface area contributed by atoms with E-state index in [1.165, 1.54) is 4.90 Å². The summed E-state index contributed by atoms with van der Waals surface area (Å²) in [7, 11) is 1.64. The molecular formula is C24H37N3O4. The lowest BCUT2D eigenvalue weighted by molar-refractivity contribution is -0.151. The molecular weight excluding hydrogens is 394 g/mol. The maximum atomic E-state index is 12.8. The Kier molecular flexibility index (Phi) is 9.82. The molecule has 1 fully saturated rings. The summed E-state index contributed by atoms with van der Waals surface area (Å²) in [5.74, 6) is -0.848. The van der Waals surface area contributed by atoms with Gasteiger partial charge in [0.2, 0.25) is 5.91 Å². The maximum absolute atomic E-state index is 12.8. The molecule has 1 aromatic carbocycles. The molecule has 7 heteroatoms. The van der Waals surface area contributed by atoms with Gasteiger partial charge in [-0.2, -0.15) is 0 Å². The zero-order valence-corrected chi connectivity index (χ0v) is 19.4. The number of carbonyl (C=O) groups excluding carboxylic acids is 3. The summed E-state index contributed by atoms with van der Waals surface area (Å²) >= 11 is 0. The Bertz CT molecular complexity index is 735. The van der Waals surface area contributed by atoms with E-state index < -0.39 is 0 Å². The summed E-state index contributed by atoms with van der Waals surface area (Å²) in [6.45, 7) is 9.30. The SMILES string of the molecule is CCCCN(CC)c1ccc(C(=O)N(C)CC(=O)N2CCCC(C(=O)OCC)C2)cc1. The smallest absolute Gasteiger partial charge is 0.310 e. The van der Waals surface area contributed by atoms with E-state index in [0.29, 0.717) is 25.3 Å². The second-order valence-electron chi connectivity index (χ2n) is 8.07. The molecule has 2 rings (SSSR count). The summed E-state index contributed by atoms with van der Waals surface area (Å²) in [6.07, 6.45) is 3.77. The van der Waals surface area contributed by atoms with Gasteiger partial charge in [0.1, 0.15) is 0 Å². The van der Waals surface area contributed by atoms with E-state index in [1.54, 1.807) is 18.9 Å². The number of nitrogens with zero attached hydrogens (tertiary/aromatic N) is 3. The first-order valence-corrected chi connectivity index (χ1v) is 11.5. The van der Waals surface area contributed by atoms with E-state index in [2.05, 4.69) is 18.7 Å². The Morgan fingerprint density at radius 3 is 2.45 bits per heavy atom. The van der Waals surface area contributed by atoms with Crippen LogP contribution in [0.5, 0.6) is 0 Å². The van der Waals surface area contributed by atoms with Crippen LogP contribution >= 0.6 is 0 Å². The van der Waals surface area contributed by atoms with Crippen molar-refractivity contribution in [3.8, 4) is 0 Å². The zero-order valence-electron chi connectivity index (χ0n) is 19.4. The number of unbranched alkanes of at least 4 members (excludes halogenated alkanes) is 1. The lowest BCUT2D eigenvalue weighted by Gasteiger charge is -2.32. The average molecular weight is 432 g/mol. The van der Waals surface area contributed by atoms with E-state index in [1.807, 2.05) is 24.3 Å². The molecule has 1 saturated heterocycles. The van der Waals surface area contributed by atoms with Crippen molar-refractivity contribution >= 4 is 23.5 Å². The number of piperidine rings is 1. The van der Waals surface area contributed by atoms with Gasteiger partial charge in [0, 0.05) is 44.5 Å². The molecule has 0 N–H and O–H groups in total. The maximum Gasteiger partial charge on any atom is 0.310 e. The molecule has 1 aliphatic heterocycles. The van der Waals surface area contributed by atoms with Gasteiger partial charge in [-0.25, -0.2) is 0 Å². The zero-order chi connectivity index (χ0) is 22.8. The van der Waals surface area contributed by atoms with Gasteiger partial charge in [-0.3, -0.25) is 14.4 Å². The number of amides is 2. The number of rotatable bonds is 10. The topological polar surface area (TPSA) is 70.2 Å². The molecule has 0 bridgehead atoms. The summed E-state index contributed by atoms with van der Waals surface area (Å²) in [5, 5.41) is 0. The molecule has 1 heterocycles. The lowest BCUT2D eigenvalue weighted by atomic mass is 9.98. The van der Waals surface area contributed by atoms with Crippen molar-refractivity contribution in [3.63, 3.8) is 0 Å². The summed E-state index contributed by atoms with van der Waals surface area (Å²) in [4.78, 5) is 43.0. The minimum Gasteiger partial charge on any atom is -0.466 e. The first-order valence-electron chi connectivity index (χ1n) is 11.5. The normalized spacial score (nSPS) is 16.0. The summed E-state index contributed by atoms with van der Waals surface area (Å²) < 4.78 is 5.10. The Labute approximate surface area is 186 Å². The highest BCUT2D eigenvalue weighted by Gasteiger charge is 2.30. The highest BCUT2D eigenvalue weighted by molar-refractivity contribution is 5.96. The average Bonchev–Trinajstić information content (AvgIpc) is 2.79. The number of anilines is 1. The highest BCUT2D eigenvalue weighted by atomic mass is 16.5. The number of ether oxygens (including phenoxy) is 1. The van der Waals surface area contributed by atoms with Crippen LogP contribution in [0.2, 0.25) is 0 Å². The van der Waals surface area contributed by atoms with Gasteiger partial charge < -0.3 is 19.4 Å². The van der Waals surface area contributed by atoms with Crippen molar-refractivity contribution < 1.29 is 19.1 Å². The summed E-state index contributed by atoms with van der Waals surface area (Å²) in [5.41, 5.74) is 1.66. The largest absolute Gasteiger partial charge is 0.466 e. The number of hydrogen-bond donors (Lipinski definition) is 0. The molecule has 31 heavy (non-hydrogen) atoms. The number of carbonyl (C=O) groups is 3. The standard InChI is InChI=1S/C24H37N3O4/c1-5-8-15-26(6-2)21-13-11-19(12-14-21)23(29)25(4)18-22(28)27-16-9-10-20(17-27)24(30)31-7-3/h11-14,20H,5-10,15-18H2,1-4H3. The van der Waals surface area contributed by atoms with Crippen molar-refractivity contribution in [1.29, 1.82) is 0 Å². The Morgan fingerprint density at radius 1 is 1.13 bits per heavy atom. The Hall–Kier alpha value is -2.57. The van der Waals surface area contributed by atoms with E-state index in [4.69, 9.17) is 4.74 Å². The van der Waals surface area contributed by atoms with Crippen LogP contribution in [0.15, 0.2) is 24.3 Å². The molecule has 0 spiro atoms. The van der Waals surface area contributed by atoms with Gasteiger partial charge in [-0.15, -0.1) is 0 Å². The van der Waals surface area contributed by atoms with Gasteiger partial charge >= 0.3 is 5.97 Å². The fourth-order valence-corrected chi connectivity index (χ4v) is 3.88. The molecule has 1 atom stereocenters. The third kappa shape index (κ3) is 6.97. The van der Waals surface area contributed by atoms with Crippen LogP contribution in [0.1, 0.15) is 56.8 Å². The molecule has 0 aliphatic carbocycles. The van der Waals surface area contributed by atoms with Gasteiger partial charge in [0.15, 0.2) is 0 Å². The van der Waals surface area contributed by atoms with E-state index in [9.17, 15) is 14.4 Å². The van der Waals surface area contributed by atoms with Gasteiger partial charge in [0.25, 0.3) is 5.91 Å². The number of esters is 1. The van der Waals surface area contributed by atoms with Gasteiger partial charge in [-0.1, -0.05) is 13.3 Å². The molecule has 172 valence electrons. The molecule has 1 aliphatic rings. The first kappa shape index (κ1) is 24.7.